The number of rotatable bonds is 6. The molecule has 1 aromatic rings. The van der Waals surface area contributed by atoms with E-state index in [0.29, 0.717) is 4.47 Å². The molecule has 2 atom stereocenters. The van der Waals surface area contributed by atoms with Crippen molar-refractivity contribution < 1.29 is 4.92 Å². The topological polar surface area (TPSA) is 68.1 Å². The molecule has 1 aromatic heterocycles. The van der Waals surface area contributed by atoms with Crippen molar-refractivity contribution in [3.8, 4) is 0 Å². The fourth-order valence-corrected chi connectivity index (χ4v) is 2.69. The molecular formula is C12H18BrN3O2. The lowest BCUT2D eigenvalue weighted by Crippen LogP contribution is -2.32. The Morgan fingerprint density at radius 1 is 1.56 bits per heavy atom. The summed E-state index contributed by atoms with van der Waals surface area (Å²) in [6.45, 7) is 7.14. The maximum absolute atomic E-state index is 10.7. The first-order valence-corrected chi connectivity index (χ1v) is 6.83. The molecule has 0 spiro atoms. The largest absolute Gasteiger partial charge is 0.314 e. The quantitative estimate of drug-likeness (QED) is 0.646. The molecular weight excluding hydrogens is 298 g/mol. The summed E-state index contributed by atoms with van der Waals surface area (Å²) >= 11 is 3.38. The van der Waals surface area contributed by atoms with Gasteiger partial charge in [0.1, 0.15) is 6.20 Å². The highest BCUT2D eigenvalue weighted by Gasteiger charge is 2.22. The molecule has 0 bridgehead atoms. The summed E-state index contributed by atoms with van der Waals surface area (Å²) in [6.07, 6.45) is 2.25. The number of aromatic nitrogens is 1. The summed E-state index contributed by atoms with van der Waals surface area (Å²) < 4.78 is 0.702. The van der Waals surface area contributed by atoms with Crippen LogP contribution in [0.5, 0.6) is 0 Å². The number of nitrogens with zero attached hydrogens (tertiary/aromatic N) is 2. The SMILES string of the molecule is CCNC(C)C(CC)c1ncc([N+](=O)[O-])cc1Br. The van der Waals surface area contributed by atoms with E-state index in [1.807, 2.05) is 0 Å². The number of nitrogens with one attached hydrogen (secondary N) is 1. The molecule has 6 heteroatoms. The van der Waals surface area contributed by atoms with Gasteiger partial charge in [0.15, 0.2) is 0 Å². The summed E-state index contributed by atoms with van der Waals surface area (Å²) in [5.74, 6) is 0.236. The van der Waals surface area contributed by atoms with E-state index in [1.165, 1.54) is 12.3 Å². The van der Waals surface area contributed by atoms with Gasteiger partial charge in [-0.15, -0.1) is 0 Å². The molecule has 0 saturated heterocycles. The first-order chi connectivity index (χ1) is 8.51. The van der Waals surface area contributed by atoms with E-state index >= 15 is 0 Å². The standard InChI is InChI=1S/C12H18BrN3O2/c1-4-10(8(3)14-5-2)12-11(13)6-9(7-15-12)16(17)18/h6-8,10,14H,4-5H2,1-3H3. The summed E-state index contributed by atoms with van der Waals surface area (Å²) in [5.41, 5.74) is 0.883. The minimum Gasteiger partial charge on any atom is -0.314 e. The lowest BCUT2D eigenvalue weighted by Gasteiger charge is -2.23. The second kappa shape index (κ2) is 6.80. The van der Waals surface area contributed by atoms with Crippen molar-refractivity contribution in [2.75, 3.05) is 6.54 Å². The van der Waals surface area contributed by atoms with Gasteiger partial charge in [-0.2, -0.15) is 0 Å². The molecule has 1 heterocycles. The van der Waals surface area contributed by atoms with Crippen molar-refractivity contribution in [3.63, 3.8) is 0 Å². The minimum atomic E-state index is -0.434. The average molecular weight is 316 g/mol. The zero-order chi connectivity index (χ0) is 13.7. The van der Waals surface area contributed by atoms with E-state index in [1.54, 1.807) is 0 Å². The number of halogens is 1. The zero-order valence-electron chi connectivity index (χ0n) is 10.8. The molecule has 1 N–H and O–H groups in total. The van der Waals surface area contributed by atoms with Gasteiger partial charge in [-0.3, -0.25) is 15.1 Å². The van der Waals surface area contributed by atoms with Gasteiger partial charge in [-0.05, 0) is 35.8 Å². The van der Waals surface area contributed by atoms with Crippen LogP contribution in [-0.4, -0.2) is 22.5 Å². The molecule has 5 nitrogen and oxygen atoms in total. The van der Waals surface area contributed by atoms with Crippen LogP contribution in [0, 0.1) is 10.1 Å². The van der Waals surface area contributed by atoms with Crippen molar-refractivity contribution in [2.24, 2.45) is 0 Å². The van der Waals surface area contributed by atoms with Gasteiger partial charge >= 0.3 is 0 Å². The van der Waals surface area contributed by atoms with Crippen molar-refractivity contribution in [1.29, 1.82) is 0 Å². The monoisotopic (exact) mass is 315 g/mol. The Morgan fingerprint density at radius 2 is 2.22 bits per heavy atom. The highest BCUT2D eigenvalue weighted by molar-refractivity contribution is 9.10. The van der Waals surface area contributed by atoms with E-state index in [2.05, 4.69) is 47.0 Å². The molecule has 0 aliphatic carbocycles. The third kappa shape index (κ3) is 3.49. The van der Waals surface area contributed by atoms with E-state index in [4.69, 9.17) is 0 Å². The molecule has 0 saturated carbocycles. The number of nitro groups is 1. The third-order valence-electron chi connectivity index (χ3n) is 2.99. The Balaban J connectivity index is 3.03. The fourth-order valence-electron chi connectivity index (χ4n) is 2.06. The van der Waals surface area contributed by atoms with Crippen LogP contribution in [0.15, 0.2) is 16.7 Å². The summed E-state index contributed by atoms with van der Waals surface area (Å²) in [7, 11) is 0. The Morgan fingerprint density at radius 3 is 2.67 bits per heavy atom. The molecule has 0 fully saturated rings. The molecule has 0 aliphatic heterocycles. The number of pyridine rings is 1. The molecule has 0 aliphatic rings. The summed E-state index contributed by atoms with van der Waals surface area (Å²) in [4.78, 5) is 14.5. The highest BCUT2D eigenvalue weighted by atomic mass is 79.9. The minimum absolute atomic E-state index is 0.0107. The van der Waals surface area contributed by atoms with Gasteiger partial charge in [0.05, 0.1) is 10.6 Å². The van der Waals surface area contributed by atoms with Crippen molar-refractivity contribution in [3.05, 3.63) is 32.5 Å². The lowest BCUT2D eigenvalue weighted by atomic mass is 9.94. The van der Waals surface area contributed by atoms with Gasteiger partial charge in [-0.25, -0.2) is 0 Å². The smallest absolute Gasteiger partial charge is 0.288 e. The lowest BCUT2D eigenvalue weighted by molar-refractivity contribution is -0.385. The maximum Gasteiger partial charge on any atom is 0.288 e. The van der Waals surface area contributed by atoms with Crippen LogP contribution in [0.2, 0.25) is 0 Å². The molecule has 2 unspecified atom stereocenters. The number of likely N-dealkylation sites (N-methyl/N-ethyl adjacent to an activating group) is 1. The molecule has 100 valence electrons. The molecule has 18 heavy (non-hydrogen) atoms. The second-order valence-corrected chi connectivity index (χ2v) is 5.03. The van der Waals surface area contributed by atoms with E-state index < -0.39 is 4.92 Å². The van der Waals surface area contributed by atoms with Gasteiger partial charge in [-0.1, -0.05) is 13.8 Å². The van der Waals surface area contributed by atoms with Crippen LogP contribution in [0.1, 0.15) is 38.8 Å². The van der Waals surface area contributed by atoms with Gasteiger partial charge < -0.3 is 5.32 Å². The van der Waals surface area contributed by atoms with Crippen molar-refractivity contribution >= 4 is 21.6 Å². The highest BCUT2D eigenvalue weighted by Crippen LogP contribution is 2.30. The Hall–Kier alpha value is -1.01. The van der Waals surface area contributed by atoms with Crippen molar-refractivity contribution in [2.45, 2.75) is 39.2 Å². The number of hydrogen-bond acceptors (Lipinski definition) is 4. The van der Waals surface area contributed by atoms with Gasteiger partial charge in [0.25, 0.3) is 5.69 Å². The zero-order valence-corrected chi connectivity index (χ0v) is 12.4. The summed E-state index contributed by atoms with van der Waals surface area (Å²) in [6, 6.07) is 1.80. The summed E-state index contributed by atoms with van der Waals surface area (Å²) in [5, 5.41) is 14.0. The van der Waals surface area contributed by atoms with E-state index in [-0.39, 0.29) is 17.6 Å². The molecule has 1 rings (SSSR count). The first kappa shape index (κ1) is 15.0. The van der Waals surface area contributed by atoms with E-state index in [9.17, 15) is 10.1 Å². The van der Waals surface area contributed by atoms with Gasteiger partial charge in [0, 0.05) is 22.5 Å². The number of hydrogen-bond donors (Lipinski definition) is 1. The Bertz CT molecular complexity index is 426. The third-order valence-corrected chi connectivity index (χ3v) is 3.62. The normalized spacial score (nSPS) is 14.2. The predicted octanol–water partition coefficient (Wildman–Crippen LogP) is 3.24. The first-order valence-electron chi connectivity index (χ1n) is 6.04. The second-order valence-electron chi connectivity index (χ2n) is 4.18. The molecule has 0 radical (unpaired) electrons. The molecule has 0 aromatic carbocycles. The van der Waals surface area contributed by atoms with Crippen LogP contribution in [0.25, 0.3) is 0 Å². The fraction of sp³-hybridized carbons (Fsp3) is 0.583. The van der Waals surface area contributed by atoms with E-state index in [0.717, 1.165) is 18.7 Å². The molecule has 0 amide bonds. The van der Waals surface area contributed by atoms with Crippen molar-refractivity contribution in [1.82, 2.24) is 10.3 Å². The van der Waals surface area contributed by atoms with Crippen LogP contribution in [-0.2, 0) is 0 Å². The van der Waals surface area contributed by atoms with Crippen LogP contribution in [0.3, 0.4) is 0 Å². The maximum atomic E-state index is 10.7. The van der Waals surface area contributed by atoms with Crippen LogP contribution >= 0.6 is 15.9 Å². The van der Waals surface area contributed by atoms with Crippen LogP contribution in [0.4, 0.5) is 5.69 Å². The Kier molecular flexibility index (Phi) is 5.68. The van der Waals surface area contributed by atoms with Gasteiger partial charge in [0.2, 0.25) is 0 Å². The van der Waals surface area contributed by atoms with Crippen LogP contribution < -0.4 is 5.32 Å². The average Bonchev–Trinajstić information content (AvgIpc) is 2.32. The Labute approximate surface area is 115 Å². The predicted molar refractivity (Wildman–Crippen MR) is 74.8 cm³/mol.